The molecule has 0 N–H and O–H groups in total. The van der Waals surface area contributed by atoms with Crippen LogP contribution in [0.1, 0.15) is 23.3 Å². The van der Waals surface area contributed by atoms with Crippen molar-refractivity contribution in [2.75, 3.05) is 6.54 Å². The number of benzene rings is 1. The topological polar surface area (TPSA) is 50.5 Å². The smallest absolute Gasteiger partial charge is 0.402 e. The highest BCUT2D eigenvalue weighted by Gasteiger charge is 2.38. The van der Waals surface area contributed by atoms with Gasteiger partial charge in [0.2, 0.25) is 10.0 Å². The Bertz CT molecular complexity index is 871. The van der Waals surface area contributed by atoms with Gasteiger partial charge in [-0.3, -0.25) is 0 Å². The lowest BCUT2D eigenvalue weighted by Crippen LogP contribution is -2.39. The number of sulfonamides is 1. The van der Waals surface area contributed by atoms with Crippen molar-refractivity contribution in [3.05, 3.63) is 64.5 Å². The van der Waals surface area contributed by atoms with Crippen LogP contribution in [-0.2, 0) is 23.0 Å². The molecule has 1 aromatic heterocycles. The van der Waals surface area contributed by atoms with Crippen LogP contribution in [0.2, 0.25) is 0 Å². The van der Waals surface area contributed by atoms with Crippen LogP contribution in [0.3, 0.4) is 0 Å². The fraction of sp³-hybridized carbons (Fsp3) is 0.294. The van der Waals surface area contributed by atoms with Gasteiger partial charge in [0.1, 0.15) is 12.3 Å². The first-order valence-corrected chi connectivity index (χ1v) is 9.07. The molecule has 25 heavy (non-hydrogen) atoms. The zero-order valence-corrected chi connectivity index (χ0v) is 14.0. The molecule has 0 bridgehead atoms. The second kappa shape index (κ2) is 6.68. The third-order valence-electron chi connectivity index (χ3n) is 3.95. The molecule has 0 radical (unpaired) electrons. The highest BCUT2D eigenvalue weighted by Crippen LogP contribution is 2.31. The summed E-state index contributed by atoms with van der Waals surface area (Å²) in [6, 6.07) is 10.2. The Balaban J connectivity index is 1.95. The van der Waals surface area contributed by atoms with Crippen molar-refractivity contribution in [2.24, 2.45) is 0 Å². The van der Waals surface area contributed by atoms with Gasteiger partial charge in [0, 0.05) is 0 Å². The lowest BCUT2D eigenvalue weighted by Gasteiger charge is -2.25. The Morgan fingerprint density at radius 3 is 2.52 bits per heavy atom. The predicted octanol–water partition coefficient (Wildman–Crippen LogP) is 3.96. The number of hydrogen-bond acceptors (Lipinski definition) is 3. The maximum atomic E-state index is 12.9. The standard InChI is InChI=1S/C17H16F3NO3S/c18-17(19,20)12-21(11-15-6-3-9-24-15)25(22,23)16-8-7-13-4-1-2-5-14(13)10-16/h1-6,9-10H,7-8,11-12H2. The van der Waals surface area contributed by atoms with Gasteiger partial charge in [0.15, 0.2) is 0 Å². The zero-order valence-electron chi connectivity index (χ0n) is 13.2. The number of halogens is 3. The number of nitrogens with zero attached hydrogens (tertiary/aromatic N) is 1. The van der Waals surface area contributed by atoms with Crippen molar-refractivity contribution >= 4 is 16.1 Å². The number of furan rings is 1. The number of hydrogen-bond donors (Lipinski definition) is 0. The summed E-state index contributed by atoms with van der Waals surface area (Å²) in [6.45, 7) is -2.02. The molecule has 1 aromatic carbocycles. The maximum absolute atomic E-state index is 12.9. The molecule has 0 saturated heterocycles. The monoisotopic (exact) mass is 371 g/mol. The van der Waals surface area contributed by atoms with E-state index in [1.54, 1.807) is 12.1 Å². The molecule has 0 fully saturated rings. The van der Waals surface area contributed by atoms with E-state index in [9.17, 15) is 21.6 Å². The van der Waals surface area contributed by atoms with Crippen molar-refractivity contribution < 1.29 is 26.0 Å². The summed E-state index contributed by atoms with van der Waals surface area (Å²) in [5.74, 6) is 0.157. The summed E-state index contributed by atoms with van der Waals surface area (Å²) < 4.78 is 69.8. The Morgan fingerprint density at radius 1 is 1.08 bits per heavy atom. The van der Waals surface area contributed by atoms with E-state index in [1.807, 2.05) is 12.1 Å². The molecule has 0 unspecified atom stereocenters. The van der Waals surface area contributed by atoms with Crippen molar-refractivity contribution in [3.8, 4) is 0 Å². The van der Waals surface area contributed by atoms with E-state index >= 15 is 0 Å². The lowest BCUT2D eigenvalue weighted by atomic mass is 9.98. The second-order valence-corrected chi connectivity index (χ2v) is 7.77. The average molecular weight is 371 g/mol. The highest BCUT2D eigenvalue weighted by molar-refractivity contribution is 7.93. The summed E-state index contributed by atoms with van der Waals surface area (Å²) in [4.78, 5) is -0.0120. The fourth-order valence-electron chi connectivity index (χ4n) is 2.78. The van der Waals surface area contributed by atoms with Gasteiger partial charge in [-0.15, -0.1) is 0 Å². The summed E-state index contributed by atoms with van der Waals surface area (Å²) in [5.41, 5.74) is 1.70. The molecule has 0 amide bonds. The number of fused-ring (bicyclic) bond motifs is 1. The minimum absolute atomic E-state index is 0.0120. The zero-order chi connectivity index (χ0) is 18.1. The molecular weight excluding hydrogens is 355 g/mol. The van der Waals surface area contributed by atoms with Gasteiger partial charge < -0.3 is 4.42 Å². The average Bonchev–Trinajstić information content (AvgIpc) is 3.05. The van der Waals surface area contributed by atoms with Gasteiger partial charge in [-0.2, -0.15) is 17.5 Å². The summed E-state index contributed by atoms with van der Waals surface area (Å²) in [5, 5.41) is 0. The highest BCUT2D eigenvalue weighted by atomic mass is 32.2. The van der Waals surface area contributed by atoms with Gasteiger partial charge in [-0.1, -0.05) is 24.3 Å². The van der Waals surface area contributed by atoms with Crippen LogP contribution < -0.4 is 0 Å². The van der Waals surface area contributed by atoms with Crippen LogP contribution >= 0.6 is 0 Å². The molecule has 8 heteroatoms. The van der Waals surface area contributed by atoms with E-state index in [-0.39, 0.29) is 17.1 Å². The molecule has 1 heterocycles. The fourth-order valence-corrected chi connectivity index (χ4v) is 4.36. The normalized spacial score (nSPS) is 15.1. The number of aryl methyl sites for hydroxylation is 1. The van der Waals surface area contributed by atoms with Crippen LogP contribution in [0.4, 0.5) is 13.2 Å². The molecule has 134 valence electrons. The SMILES string of the molecule is O=S(=O)(C1=Cc2ccccc2CC1)N(Cc1ccco1)CC(F)(F)F. The lowest BCUT2D eigenvalue weighted by molar-refractivity contribution is -0.137. The maximum Gasteiger partial charge on any atom is 0.402 e. The number of allylic oxidation sites excluding steroid dienone is 1. The Morgan fingerprint density at radius 2 is 1.84 bits per heavy atom. The first-order chi connectivity index (χ1) is 11.8. The van der Waals surface area contributed by atoms with Crippen LogP contribution in [0.5, 0.6) is 0 Å². The van der Waals surface area contributed by atoms with Gasteiger partial charge >= 0.3 is 6.18 Å². The van der Waals surface area contributed by atoms with E-state index in [4.69, 9.17) is 4.42 Å². The first kappa shape index (κ1) is 17.8. The van der Waals surface area contributed by atoms with Crippen molar-refractivity contribution in [1.29, 1.82) is 0 Å². The quantitative estimate of drug-likeness (QED) is 0.799. The molecule has 3 rings (SSSR count). The van der Waals surface area contributed by atoms with Crippen LogP contribution in [-0.4, -0.2) is 25.4 Å². The third kappa shape index (κ3) is 4.13. The largest absolute Gasteiger partial charge is 0.468 e. The van der Waals surface area contributed by atoms with E-state index in [0.717, 1.165) is 11.1 Å². The molecule has 2 aromatic rings. The van der Waals surface area contributed by atoms with Gasteiger partial charge in [-0.05, 0) is 42.2 Å². The number of rotatable bonds is 5. The Kier molecular flexibility index (Phi) is 4.75. The van der Waals surface area contributed by atoms with Crippen molar-refractivity contribution in [3.63, 3.8) is 0 Å². The van der Waals surface area contributed by atoms with Crippen LogP contribution in [0.15, 0.2) is 52.0 Å². The molecule has 1 aliphatic rings. The van der Waals surface area contributed by atoms with Crippen LogP contribution in [0, 0.1) is 0 Å². The molecular formula is C17H16F3NO3S. The molecule has 0 saturated carbocycles. The molecule has 0 atom stereocenters. The van der Waals surface area contributed by atoms with E-state index < -0.39 is 29.3 Å². The van der Waals surface area contributed by atoms with Gasteiger partial charge in [0.25, 0.3) is 0 Å². The molecule has 1 aliphatic carbocycles. The summed E-state index contributed by atoms with van der Waals surface area (Å²) in [6.07, 6.45) is -1.25. The molecule has 0 aliphatic heterocycles. The summed E-state index contributed by atoms with van der Waals surface area (Å²) >= 11 is 0. The minimum atomic E-state index is -4.65. The molecule has 0 spiro atoms. The first-order valence-electron chi connectivity index (χ1n) is 7.63. The number of alkyl halides is 3. The van der Waals surface area contributed by atoms with Crippen molar-refractivity contribution in [1.82, 2.24) is 4.31 Å². The van der Waals surface area contributed by atoms with Crippen molar-refractivity contribution in [2.45, 2.75) is 25.6 Å². The van der Waals surface area contributed by atoms with E-state index in [1.165, 1.54) is 24.5 Å². The van der Waals surface area contributed by atoms with E-state index in [0.29, 0.717) is 10.7 Å². The minimum Gasteiger partial charge on any atom is -0.468 e. The van der Waals surface area contributed by atoms with E-state index in [2.05, 4.69) is 0 Å². The predicted molar refractivity (Wildman–Crippen MR) is 86.8 cm³/mol. The van der Waals surface area contributed by atoms with Gasteiger partial charge in [-0.25, -0.2) is 8.42 Å². The van der Waals surface area contributed by atoms with Gasteiger partial charge in [0.05, 0.1) is 17.7 Å². The summed E-state index contributed by atoms with van der Waals surface area (Å²) in [7, 11) is -4.26. The molecule has 4 nitrogen and oxygen atoms in total. The third-order valence-corrected chi connectivity index (χ3v) is 5.87. The second-order valence-electron chi connectivity index (χ2n) is 5.78. The van der Waals surface area contributed by atoms with Crippen LogP contribution in [0.25, 0.3) is 6.08 Å². The Hall–Kier alpha value is -2.06. The Labute approximate surface area is 143 Å².